The van der Waals surface area contributed by atoms with Crippen molar-refractivity contribution >= 4 is 57.1 Å². The first-order valence-electron chi connectivity index (χ1n) is 13.3. The van der Waals surface area contributed by atoms with Gasteiger partial charge in [0, 0.05) is 11.5 Å². The molecule has 0 bridgehead atoms. The third kappa shape index (κ3) is 17.3. The van der Waals surface area contributed by atoms with Gasteiger partial charge in [-0.25, -0.2) is 0 Å². The highest BCUT2D eigenvalue weighted by atomic mass is 33.1. The second-order valence-corrected chi connectivity index (χ2v) is 11.8. The Bertz CT molecular complexity index is 887. The summed E-state index contributed by atoms with van der Waals surface area (Å²) in [5.74, 6) is -4.88. The molecule has 5 atom stereocenters. The molecule has 42 heavy (non-hydrogen) atoms. The lowest BCUT2D eigenvalue weighted by Gasteiger charge is -2.23. The molecule has 0 heterocycles. The van der Waals surface area contributed by atoms with E-state index in [1.54, 1.807) is 0 Å². The van der Waals surface area contributed by atoms with Crippen LogP contribution in [0.4, 0.5) is 0 Å². The number of hydrogen-bond acceptors (Lipinski definition) is 13. The van der Waals surface area contributed by atoms with E-state index in [1.165, 1.54) is 0 Å². The van der Waals surface area contributed by atoms with Crippen LogP contribution in [0.3, 0.4) is 0 Å². The Morgan fingerprint density at radius 3 is 1.76 bits per heavy atom. The lowest BCUT2D eigenvalue weighted by Crippen LogP contribution is -2.56. The number of unbranched alkanes of at least 4 members (excludes halogenated alkanes) is 2. The maximum absolute atomic E-state index is 13.0. The predicted molar refractivity (Wildman–Crippen MR) is 159 cm³/mol. The van der Waals surface area contributed by atoms with Crippen molar-refractivity contribution in [3.8, 4) is 0 Å². The Morgan fingerprint density at radius 2 is 1.24 bits per heavy atom. The second-order valence-electron chi connectivity index (χ2n) is 9.23. The summed E-state index contributed by atoms with van der Waals surface area (Å²) in [7, 11) is 2.15. The Kier molecular flexibility index (Phi) is 21.4. The van der Waals surface area contributed by atoms with Gasteiger partial charge in [0.2, 0.25) is 29.5 Å². The molecule has 0 saturated carbocycles. The van der Waals surface area contributed by atoms with Crippen LogP contribution in [0, 0.1) is 0 Å². The standard InChI is InChI=1S/C23H45N9O8S2/c24-7-3-1-5-15(19(28)35)31-22(38)17(12-42-41-11-14(27)23(39)40)30-18(34)9-29-21(37)16(6-2-4-8-25)32-20(36)13(26)10-33/h13-17,33H,1-12,24-27H2,(H2,28,35)(H,29,37)(H,30,34)(H,31,38)(H,32,36)(H,39,40). The molecular formula is C23H45N9O8S2. The van der Waals surface area contributed by atoms with Crippen molar-refractivity contribution in [1.29, 1.82) is 0 Å². The van der Waals surface area contributed by atoms with Crippen LogP contribution >= 0.6 is 21.6 Å². The van der Waals surface area contributed by atoms with E-state index in [2.05, 4.69) is 21.3 Å². The molecule has 0 fully saturated rings. The molecule has 242 valence electrons. The molecule has 0 radical (unpaired) electrons. The van der Waals surface area contributed by atoms with Crippen molar-refractivity contribution in [3.63, 3.8) is 0 Å². The molecule has 0 saturated heterocycles. The minimum Gasteiger partial charge on any atom is -0.480 e. The number of aliphatic carboxylic acids is 1. The topological polar surface area (TPSA) is 321 Å². The zero-order valence-electron chi connectivity index (χ0n) is 23.4. The third-order valence-corrected chi connectivity index (χ3v) is 8.13. The number of nitrogens with one attached hydrogen (secondary N) is 4. The molecule has 5 amide bonds. The predicted octanol–water partition coefficient (Wildman–Crippen LogP) is -4.59. The van der Waals surface area contributed by atoms with Crippen molar-refractivity contribution in [2.75, 3.05) is 37.7 Å². The van der Waals surface area contributed by atoms with Crippen LogP contribution in [0.5, 0.6) is 0 Å². The van der Waals surface area contributed by atoms with Crippen molar-refractivity contribution in [2.45, 2.75) is 68.7 Å². The van der Waals surface area contributed by atoms with Gasteiger partial charge in [0.25, 0.3) is 0 Å². The summed E-state index contributed by atoms with van der Waals surface area (Å²) < 4.78 is 0. The van der Waals surface area contributed by atoms with Crippen molar-refractivity contribution in [3.05, 3.63) is 0 Å². The van der Waals surface area contributed by atoms with E-state index in [0.29, 0.717) is 38.8 Å². The molecule has 19 heteroatoms. The second kappa shape index (κ2) is 22.9. The van der Waals surface area contributed by atoms with Crippen LogP contribution < -0.4 is 49.9 Å². The SMILES string of the molecule is NCCCCC(NC(=O)C(CSSCC(N)C(=O)O)NC(=O)CNC(=O)C(CCCCN)NC(=O)C(N)CO)C(N)=O. The van der Waals surface area contributed by atoms with Gasteiger partial charge in [0.1, 0.15) is 30.2 Å². The molecule has 5 unspecified atom stereocenters. The number of carbonyl (C=O) groups excluding carboxylic acids is 5. The molecule has 0 aromatic heterocycles. The van der Waals surface area contributed by atoms with Gasteiger partial charge >= 0.3 is 5.97 Å². The van der Waals surface area contributed by atoms with Crippen molar-refractivity contribution in [2.24, 2.45) is 28.7 Å². The number of primary amides is 1. The Hall–Kier alpha value is -2.68. The van der Waals surface area contributed by atoms with Crippen LogP contribution in [-0.4, -0.2) is 114 Å². The number of amides is 5. The smallest absolute Gasteiger partial charge is 0.321 e. The highest BCUT2D eigenvalue weighted by Crippen LogP contribution is 2.22. The summed E-state index contributed by atoms with van der Waals surface area (Å²) in [6.07, 6.45) is 2.64. The monoisotopic (exact) mass is 639 g/mol. The molecule has 0 spiro atoms. The van der Waals surface area contributed by atoms with Crippen LogP contribution in [0.15, 0.2) is 0 Å². The Labute approximate surface area is 252 Å². The number of aliphatic hydroxyl groups excluding tert-OH is 1. The normalized spacial score (nSPS) is 14.5. The largest absolute Gasteiger partial charge is 0.480 e. The highest BCUT2D eigenvalue weighted by molar-refractivity contribution is 8.76. The fourth-order valence-corrected chi connectivity index (χ4v) is 5.48. The summed E-state index contributed by atoms with van der Waals surface area (Å²) in [4.78, 5) is 73.3. The summed E-state index contributed by atoms with van der Waals surface area (Å²) in [6.45, 7) is -0.430. The zero-order chi connectivity index (χ0) is 32.1. The number of hydrogen-bond donors (Lipinski definition) is 11. The molecule has 0 aliphatic rings. The molecule has 0 aliphatic carbocycles. The van der Waals surface area contributed by atoms with E-state index < -0.39 is 78.9 Å². The minimum absolute atomic E-state index is 0.0263. The summed E-state index contributed by atoms with van der Waals surface area (Å²) >= 11 is 0. The van der Waals surface area contributed by atoms with Crippen LogP contribution in [0.2, 0.25) is 0 Å². The molecule has 0 aromatic rings. The fraction of sp³-hybridized carbons (Fsp3) is 0.739. The summed E-state index contributed by atoms with van der Waals surface area (Å²) in [5.41, 5.74) is 27.4. The third-order valence-electron chi connectivity index (χ3n) is 5.68. The lowest BCUT2D eigenvalue weighted by atomic mass is 10.1. The van der Waals surface area contributed by atoms with Gasteiger partial charge < -0.3 is 60.1 Å². The number of nitrogens with two attached hydrogens (primary N) is 5. The number of carboxylic acid groups (broad SMARTS) is 1. The van der Waals surface area contributed by atoms with E-state index >= 15 is 0 Å². The highest BCUT2D eigenvalue weighted by Gasteiger charge is 2.27. The van der Waals surface area contributed by atoms with Crippen LogP contribution in [0.25, 0.3) is 0 Å². The van der Waals surface area contributed by atoms with Gasteiger partial charge in [-0.1, -0.05) is 21.6 Å². The molecule has 16 N–H and O–H groups in total. The number of carbonyl (C=O) groups is 6. The van der Waals surface area contributed by atoms with E-state index in [9.17, 15) is 28.8 Å². The number of aliphatic hydroxyl groups is 1. The van der Waals surface area contributed by atoms with Gasteiger partial charge in [-0.05, 0) is 51.6 Å². The van der Waals surface area contributed by atoms with Gasteiger partial charge in [0.15, 0.2) is 0 Å². The van der Waals surface area contributed by atoms with E-state index in [-0.39, 0.29) is 24.3 Å². The minimum atomic E-state index is -1.24. The van der Waals surface area contributed by atoms with E-state index in [0.717, 1.165) is 21.6 Å². The first-order valence-corrected chi connectivity index (χ1v) is 15.8. The molecule has 0 aliphatic heterocycles. The first-order chi connectivity index (χ1) is 19.9. The van der Waals surface area contributed by atoms with E-state index in [4.69, 9.17) is 38.9 Å². The maximum Gasteiger partial charge on any atom is 0.321 e. The quantitative estimate of drug-likeness (QED) is 0.0350. The average Bonchev–Trinajstić information content (AvgIpc) is 2.95. The van der Waals surface area contributed by atoms with Crippen molar-refractivity contribution in [1.82, 2.24) is 21.3 Å². The fourth-order valence-electron chi connectivity index (χ4n) is 3.20. The molecule has 17 nitrogen and oxygen atoms in total. The average molecular weight is 640 g/mol. The lowest BCUT2D eigenvalue weighted by molar-refractivity contribution is -0.138. The number of carboxylic acids is 1. The van der Waals surface area contributed by atoms with Crippen LogP contribution in [0.1, 0.15) is 38.5 Å². The van der Waals surface area contributed by atoms with Gasteiger partial charge in [0.05, 0.1) is 13.2 Å². The molecule has 0 rings (SSSR count). The van der Waals surface area contributed by atoms with E-state index in [1.807, 2.05) is 0 Å². The van der Waals surface area contributed by atoms with Gasteiger partial charge in [-0.3, -0.25) is 28.8 Å². The molecular weight excluding hydrogens is 594 g/mol. The van der Waals surface area contributed by atoms with Gasteiger partial charge in [-0.2, -0.15) is 0 Å². The number of rotatable bonds is 24. The van der Waals surface area contributed by atoms with Crippen LogP contribution in [-0.2, 0) is 28.8 Å². The summed E-state index contributed by atoms with van der Waals surface area (Å²) in [6, 6.07) is -5.62. The Balaban J connectivity index is 5.36. The Morgan fingerprint density at radius 1 is 0.690 bits per heavy atom. The first kappa shape index (κ1) is 39.3. The van der Waals surface area contributed by atoms with Crippen molar-refractivity contribution < 1.29 is 39.0 Å². The summed E-state index contributed by atoms with van der Waals surface area (Å²) in [5, 5.41) is 27.8. The maximum atomic E-state index is 13.0. The zero-order valence-corrected chi connectivity index (χ0v) is 25.1. The van der Waals surface area contributed by atoms with Gasteiger partial charge in [-0.15, -0.1) is 0 Å². The molecule has 0 aromatic carbocycles.